The molecule has 0 heterocycles. The molecule has 100 valence electrons. The van der Waals surface area contributed by atoms with E-state index in [0.717, 1.165) is 22.9 Å². The number of unbranched alkanes of at least 4 members (excludes halogenated alkanes) is 1. The molecule has 0 N–H and O–H groups in total. The summed E-state index contributed by atoms with van der Waals surface area (Å²) in [6.07, 6.45) is 4.28. The zero-order valence-corrected chi connectivity index (χ0v) is 12.8. The van der Waals surface area contributed by atoms with Gasteiger partial charge in [-0.05, 0) is 24.1 Å². The zero-order chi connectivity index (χ0) is 13.5. The van der Waals surface area contributed by atoms with Crippen molar-refractivity contribution in [1.82, 2.24) is 0 Å². The van der Waals surface area contributed by atoms with Crippen LogP contribution in [0.25, 0.3) is 4.48 Å². The summed E-state index contributed by atoms with van der Waals surface area (Å²) in [5, 5.41) is 0. The fraction of sp³-hybridized carbons (Fsp3) is 0.429. The quantitative estimate of drug-likeness (QED) is 0.785. The smallest absolute Gasteiger partial charge is 0.203 e. The van der Waals surface area contributed by atoms with E-state index < -0.39 is 0 Å². The SMILES string of the molecule is CCCC=C(Br)c1cc(OC)c(OC)c(OC)c1. The fourth-order valence-electron chi connectivity index (χ4n) is 1.61. The molecule has 0 atom stereocenters. The first kappa shape index (κ1) is 14.9. The van der Waals surface area contributed by atoms with Crippen LogP contribution in [-0.4, -0.2) is 21.3 Å². The molecule has 1 rings (SSSR count). The van der Waals surface area contributed by atoms with E-state index in [1.807, 2.05) is 12.1 Å². The van der Waals surface area contributed by atoms with Gasteiger partial charge in [0.1, 0.15) is 0 Å². The summed E-state index contributed by atoms with van der Waals surface area (Å²) in [7, 11) is 4.83. The Bertz CT molecular complexity index is 402. The van der Waals surface area contributed by atoms with Gasteiger partial charge in [-0.1, -0.05) is 35.4 Å². The Hall–Kier alpha value is -1.16. The molecule has 0 aliphatic heterocycles. The molecule has 1 aromatic carbocycles. The summed E-state index contributed by atoms with van der Waals surface area (Å²) in [5.41, 5.74) is 1.01. The van der Waals surface area contributed by atoms with E-state index in [2.05, 4.69) is 28.9 Å². The minimum absolute atomic E-state index is 0.611. The van der Waals surface area contributed by atoms with Crippen molar-refractivity contribution in [2.45, 2.75) is 19.8 Å². The highest BCUT2D eigenvalue weighted by atomic mass is 79.9. The summed E-state index contributed by atoms with van der Waals surface area (Å²) < 4.78 is 17.0. The van der Waals surface area contributed by atoms with Gasteiger partial charge < -0.3 is 14.2 Å². The molecule has 4 heteroatoms. The third-order valence-electron chi connectivity index (χ3n) is 2.55. The topological polar surface area (TPSA) is 27.7 Å². The fourth-order valence-corrected chi connectivity index (χ4v) is 2.07. The second-order valence-corrected chi connectivity index (χ2v) is 4.61. The molecule has 0 radical (unpaired) electrons. The van der Waals surface area contributed by atoms with Gasteiger partial charge >= 0.3 is 0 Å². The van der Waals surface area contributed by atoms with E-state index in [1.54, 1.807) is 21.3 Å². The molecule has 3 nitrogen and oxygen atoms in total. The van der Waals surface area contributed by atoms with Crippen molar-refractivity contribution in [1.29, 1.82) is 0 Å². The average molecular weight is 315 g/mol. The molecule has 1 aromatic rings. The van der Waals surface area contributed by atoms with Crippen molar-refractivity contribution in [2.24, 2.45) is 0 Å². The molecule has 0 amide bonds. The molecule has 0 spiro atoms. The highest BCUT2D eigenvalue weighted by Crippen LogP contribution is 2.40. The maximum absolute atomic E-state index is 5.32. The Labute approximate surface area is 117 Å². The maximum Gasteiger partial charge on any atom is 0.203 e. The third-order valence-corrected chi connectivity index (χ3v) is 3.33. The number of methoxy groups -OCH3 is 3. The molecule has 0 bridgehead atoms. The normalized spacial score (nSPS) is 11.3. The van der Waals surface area contributed by atoms with Gasteiger partial charge in [-0.3, -0.25) is 0 Å². The van der Waals surface area contributed by atoms with Crippen molar-refractivity contribution >= 4 is 20.4 Å². The number of allylic oxidation sites excluding steroid dienone is 1. The zero-order valence-electron chi connectivity index (χ0n) is 11.2. The summed E-state index contributed by atoms with van der Waals surface area (Å²) in [5.74, 6) is 1.93. The van der Waals surface area contributed by atoms with Gasteiger partial charge in [-0.2, -0.15) is 0 Å². The molecule has 0 aromatic heterocycles. The predicted octanol–water partition coefficient (Wildman–Crippen LogP) is 4.25. The summed E-state index contributed by atoms with van der Waals surface area (Å²) in [6.45, 7) is 2.14. The second-order valence-electron chi connectivity index (χ2n) is 3.75. The average Bonchev–Trinajstić information content (AvgIpc) is 2.42. The predicted molar refractivity (Wildman–Crippen MR) is 77.9 cm³/mol. The van der Waals surface area contributed by atoms with Crippen LogP contribution in [0.1, 0.15) is 25.3 Å². The molecule has 0 aliphatic carbocycles. The van der Waals surface area contributed by atoms with Crippen molar-refractivity contribution in [2.75, 3.05) is 21.3 Å². The Morgan fingerprint density at radius 2 is 1.67 bits per heavy atom. The molecule has 0 saturated carbocycles. The van der Waals surface area contributed by atoms with Crippen molar-refractivity contribution in [3.63, 3.8) is 0 Å². The molecule has 0 unspecified atom stereocenters. The minimum atomic E-state index is 0.611. The van der Waals surface area contributed by atoms with Gasteiger partial charge in [0.15, 0.2) is 11.5 Å². The van der Waals surface area contributed by atoms with E-state index in [4.69, 9.17) is 14.2 Å². The summed E-state index contributed by atoms with van der Waals surface area (Å²) in [4.78, 5) is 0. The van der Waals surface area contributed by atoms with Crippen LogP contribution in [0.4, 0.5) is 0 Å². The second kappa shape index (κ2) is 7.31. The Balaban J connectivity index is 3.22. The molecule has 0 saturated heterocycles. The van der Waals surface area contributed by atoms with Gasteiger partial charge in [0.2, 0.25) is 5.75 Å². The lowest BCUT2D eigenvalue weighted by atomic mass is 10.1. The summed E-state index contributed by atoms with van der Waals surface area (Å²) in [6, 6.07) is 3.86. The van der Waals surface area contributed by atoms with Crippen LogP contribution >= 0.6 is 15.9 Å². The number of ether oxygens (including phenoxy) is 3. The third kappa shape index (κ3) is 3.42. The van der Waals surface area contributed by atoms with E-state index >= 15 is 0 Å². The Kier molecular flexibility index (Phi) is 6.05. The first-order valence-corrected chi connectivity index (χ1v) is 6.63. The van der Waals surface area contributed by atoms with Crippen LogP contribution in [0.2, 0.25) is 0 Å². The van der Waals surface area contributed by atoms with Crippen LogP contribution in [0, 0.1) is 0 Å². The highest BCUT2D eigenvalue weighted by Gasteiger charge is 2.13. The number of hydrogen-bond acceptors (Lipinski definition) is 3. The van der Waals surface area contributed by atoms with E-state index in [1.165, 1.54) is 0 Å². The molecular weight excluding hydrogens is 296 g/mol. The van der Waals surface area contributed by atoms with Gasteiger partial charge in [0.05, 0.1) is 21.3 Å². The Morgan fingerprint density at radius 1 is 1.11 bits per heavy atom. The van der Waals surface area contributed by atoms with Gasteiger partial charge in [0.25, 0.3) is 0 Å². The highest BCUT2D eigenvalue weighted by molar-refractivity contribution is 9.15. The lowest BCUT2D eigenvalue weighted by molar-refractivity contribution is 0.324. The molecular formula is C14H19BrO3. The van der Waals surface area contributed by atoms with Crippen LogP contribution in [-0.2, 0) is 0 Å². The monoisotopic (exact) mass is 314 g/mol. The van der Waals surface area contributed by atoms with Gasteiger partial charge in [0, 0.05) is 4.48 Å². The lowest BCUT2D eigenvalue weighted by Crippen LogP contribution is -1.96. The molecule has 0 fully saturated rings. The van der Waals surface area contributed by atoms with E-state index in [9.17, 15) is 0 Å². The molecule has 18 heavy (non-hydrogen) atoms. The lowest BCUT2D eigenvalue weighted by Gasteiger charge is -2.14. The summed E-state index contributed by atoms with van der Waals surface area (Å²) >= 11 is 3.57. The van der Waals surface area contributed by atoms with Gasteiger partial charge in [-0.25, -0.2) is 0 Å². The maximum atomic E-state index is 5.32. The van der Waals surface area contributed by atoms with Crippen molar-refractivity contribution in [3.8, 4) is 17.2 Å². The number of benzene rings is 1. The molecule has 0 aliphatic rings. The first-order chi connectivity index (χ1) is 8.67. The Morgan fingerprint density at radius 3 is 2.06 bits per heavy atom. The van der Waals surface area contributed by atoms with Crippen molar-refractivity contribution < 1.29 is 14.2 Å². The van der Waals surface area contributed by atoms with Crippen LogP contribution in [0.15, 0.2) is 18.2 Å². The van der Waals surface area contributed by atoms with E-state index in [0.29, 0.717) is 17.2 Å². The first-order valence-electron chi connectivity index (χ1n) is 5.83. The number of halogens is 1. The standard InChI is InChI=1S/C14H19BrO3/c1-5-6-7-11(15)10-8-12(16-2)14(18-4)13(9-10)17-3/h7-9H,5-6H2,1-4H3. The number of hydrogen-bond donors (Lipinski definition) is 0. The van der Waals surface area contributed by atoms with Crippen LogP contribution < -0.4 is 14.2 Å². The van der Waals surface area contributed by atoms with E-state index in [-0.39, 0.29) is 0 Å². The van der Waals surface area contributed by atoms with Crippen molar-refractivity contribution in [3.05, 3.63) is 23.8 Å². The minimum Gasteiger partial charge on any atom is -0.493 e. The van der Waals surface area contributed by atoms with Gasteiger partial charge in [-0.15, -0.1) is 0 Å². The largest absolute Gasteiger partial charge is 0.493 e. The number of rotatable bonds is 6. The van der Waals surface area contributed by atoms with Crippen LogP contribution in [0.3, 0.4) is 0 Å². The van der Waals surface area contributed by atoms with Crippen LogP contribution in [0.5, 0.6) is 17.2 Å².